The van der Waals surface area contributed by atoms with Gasteiger partial charge in [-0.05, 0) is 36.6 Å². The van der Waals surface area contributed by atoms with E-state index in [4.69, 9.17) is 4.98 Å². The van der Waals surface area contributed by atoms with E-state index in [9.17, 15) is 0 Å². The maximum atomic E-state index is 4.76. The Morgan fingerprint density at radius 3 is 2.30 bits per heavy atom. The third-order valence-corrected chi connectivity index (χ3v) is 3.72. The number of fused-ring (bicyclic) bond motifs is 1. The molecule has 1 heterocycles. The molecule has 0 atom stereocenters. The number of aromatic nitrogens is 1. The molecule has 0 spiro atoms. The molecule has 0 radical (unpaired) electrons. The summed E-state index contributed by atoms with van der Waals surface area (Å²) in [6.07, 6.45) is 0. The lowest BCUT2D eigenvalue weighted by molar-refractivity contribution is 0.867. The molecule has 0 fully saturated rings. The van der Waals surface area contributed by atoms with Gasteiger partial charge in [0.1, 0.15) is 0 Å². The van der Waals surface area contributed by atoms with Gasteiger partial charge in [0.05, 0.1) is 11.2 Å². The van der Waals surface area contributed by atoms with E-state index in [1.807, 2.05) is 0 Å². The van der Waals surface area contributed by atoms with Crippen molar-refractivity contribution in [2.24, 2.45) is 0 Å². The lowest BCUT2D eigenvalue weighted by atomic mass is 10.0. The van der Waals surface area contributed by atoms with Crippen molar-refractivity contribution in [1.29, 1.82) is 0 Å². The number of hydrogen-bond donors (Lipinski definition) is 0. The van der Waals surface area contributed by atoms with Crippen LogP contribution in [0.5, 0.6) is 0 Å². The van der Waals surface area contributed by atoms with E-state index in [0.29, 0.717) is 5.92 Å². The van der Waals surface area contributed by atoms with Crippen molar-refractivity contribution in [3.63, 3.8) is 0 Å². The zero-order chi connectivity index (χ0) is 14.1. The van der Waals surface area contributed by atoms with Crippen LogP contribution in [0.4, 0.5) is 0 Å². The van der Waals surface area contributed by atoms with Crippen LogP contribution in [0.1, 0.15) is 30.9 Å². The first-order valence-electron chi connectivity index (χ1n) is 7.11. The second-order valence-corrected chi connectivity index (χ2v) is 5.67. The summed E-state index contributed by atoms with van der Waals surface area (Å²) in [5, 5.41) is 1.20. The second kappa shape index (κ2) is 5.09. The minimum absolute atomic E-state index is 0.566. The van der Waals surface area contributed by atoms with Crippen molar-refractivity contribution in [1.82, 2.24) is 4.98 Å². The summed E-state index contributed by atoms with van der Waals surface area (Å²) < 4.78 is 0. The Kier molecular flexibility index (Phi) is 3.27. The van der Waals surface area contributed by atoms with Gasteiger partial charge in [0.25, 0.3) is 0 Å². The third-order valence-electron chi connectivity index (χ3n) is 3.72. The highest BCUT2D eigenvalue weighted by molar-refractivity contribution is 5.82. The van der Waals surface area contributed by atoms with E-state index >= 15 is 0 Å². The first-order chi connectivity index (χ1) is 9.63. The highest BCUT2D eigenvalue weighted by Crippen LogP contribution is 2.23. The number of rotatable bonds is 2. The smallest absolute Gasteiger partial charge is 0.0709 e. The summed E-state index contributed by atoms with van der Waals surface area (Å²) >= 11 is 0. The molecule has 20 heavy (non-hydrogen) atoms. The molecule has 0 bridgehead atoms. The molecule has 0 aliphatic rings. The minimum atomic E-state index is 0.566. The van der Waals surface area contributed by atoms with Crippen LogP contribution in [0, 0.1) is 6.92 Å². The highest BCUT2D eigenvalue weighted by atomic mass is 14.7. The Balaban J connectivity index is 2.03. The van der Waals surface area contributed by atoms with Gasteiger partial charge in [0.15, 0.2) is 0 Å². The molecule has 1 heteroatoms. The van der Waals surface area contributed by atoms with Crippen LogP contribution >= 0.6 is 0 Å². The quantitative estimate of drug-likeness (QED) is 0.607. The molecule has 1 aromatic heterocycles. The Labute approximate surface area is 120 Å². The maximum Gasteiger partial charge on any atom is 0.0709 e. The van der Waals surface area contributed by atoms with Crippen LogP contribution in [0.3, 0.4) is 0 Å². The Bertz CT molecular complexity index is 739. The van der Waals surface area contributed by atoms with Crippen molar-refractivity contribution in [2.75, 3.05) is 0 Å². The Morgan fingerprint density at radius 2 is 1.60 bits per heavy atom. The van der Waals surface area contributed by atoms with Crippen molar-refractivity contribution in [3.8, 4) is 11.3 Å². The van der Waals surface area contributed by atoms with Gasteiger partial charge >= 0.3 is 0 Å². The summed E-state index contributed by atoms with van der Waals surface area (Å²) in [6.45, 7) is 6.54. The van der Waals surface area contributed by atoms with Gasteiger partial charge in [0.2, 0.25) is 0 Å². The zero-order valence-corrected chi connectivity index (χ0v) is 12.2. The molecule has 3 aromatic rings. The first kappa shape index (κ1) is 12.9. The fourth-order valence-electron chi connectivity index (χ4n) is 2.44. The highest BCUT2D eigenvalue weighted by Gasteiger charge is 2.03. The normalized spacial score (nSPS) is 11.2. The lowest BCUT2D eigenvalue weighted by Crippen LogP contribution is -1.89. The fraction of sp³-hybridized carbons (Fsp3) is 0.211. The van der Waals surface area contributed by atoms with E-state index in [1.165, 1.54) is 22.1 Å². The molecule has 3 rings (SSSR count). The van der Waals surface area contributed by atoms with Gasteiger partial charge in [-0.25, -0.2) is 4.98 Å². The molecule has 0 N–H and O–H groups in total. The molecule has 0 saturated carbocycles. The van der Waals surface area contributed by atoms with Crippen LogP contribution < -0.4 is 0 Å². The molecule has 2 aromatic carbocycles. The average Bonchev–Trinajstić information content (AvgIpc) is 2.47. The predicted octanol–water partition coefficient (Wildman–Crippen LogP) is 5.33. The molecule has 0 aliphatic carbocycles. The number of nitrogens with zero attached hydrogens (tertiary/aromatic N) is 1. The summed E-state index contributed by atoms with van der Waals surface area (Å²) in [5.41, 5.74) is 5.91. The van der Waals surface area contributed by atoms with Crippen molar-refractivity contribution in [2.45, 2.75) is 26.7 Å². The fourth-order valence-corrected chi connectivity index (χ4v) is 2.44. The number of aryl methyl sites for hydroxylation is 1. The van der Waals surface area contributed by atoms with Crippen LogP contribution in [0.15, 0.2) is 54.6 Å². The van der Waals surface area contributed by atoms with Gasteiger partial charge < -0.3 is 0 Å². The summed E-state index contributed by atoms with van der Waals surface area (Å²) in [7, 11) is 0. The largest absolute Gasteiger partial charge is 0.248 e. The van der Waals surface area contributed by atoms with Gasteiger partial charge in [0, 0.05) is 10.9 Å². The molecule has 0 amide bonds. The summed E-state index contributed by atoms with van der Waals surface area (Å²) in [5.74, 6) is 0.566. The molecule has 0 aliphatic heterocycles. The molecule has 1 nitrogen and oxygen atoms in total. The lowest BCUT2D eigenvalue weighted by Gasteiger charge is -2.07. The molecular formula is C19H19N. The van der Waals surface area contributed by atoms with Crippen LogP contribution in [-0.2, 0) is 0 Å². The maximum absolute atomic E-state index is 4.76. The minimum Gasteiger partial charge on any atom is -0.248 e. The van der Waals surface area contributed by atoms with E-state index in [-0.39, 0.29) is 0 Å². The summed E-state index contributed by atoms with van der Waals surface area (Å²) in [6, 6.07) is 19.4. The predicted molar refractivity (Wildman–Crippen MR) is 86.0 cm³/mol. The zero-order valence-electron chi connectivity index (χ0n) is 12.2. The topological polar surface area (TPSA) is 12.9 Å². The SMILES string of the molecule is Cc1ccc2nc(-c3ccc(C(C)C)cc3)ccc2c1. The van der Waals surface area contributed by atoms with E-state index in [1.54, 1.807) is 0 Å². The first-order valence-corrected chi connectivity index (χ1v) is 7.11. The van der Waals surface area contributed by atoms with Gasteiger partial charge in [-0.15, -0.1) is 0 Å². The molecule has 0 saturated heterocycles. The molecule has 100 valence electrons. The molecular weight excluding hydrogens is 242 g/mol. The standard InChI is InChI=1S/C19H19N/c1-13(2)15-5-7-16(8-6-15)18-11-9-17-12-14(3)4-10-19(17)20-18/h4-13H,1-3H3. The van der Waals surface area contributed by atoms with E-state index in [2.05, 4.69) is 75.4 Å². The Hall–Kier alpha value is -2.15. The van der Waals surface area contributed by atoms with E-state index < -0.39 is 0 Å². The van der Waals surface area contributed by atoms with Crippen molar-refractivity contribution in [3.05, 3.63) is 65.7 Å². The number of pyridine rings is 1. The number of hydrogen-bond acceptors (Lipinski definition) is 1. The van der Waals surface area contributed by atoms with Crippen LogP contribution in [0.2, 0.25) is 0 Å². The monoisotopic (exact) mass is 261 g/mol. The van der Waals surface area contributed by atoms with Gasteiger partial charge in [-0.1, -0.05) is 55.8 Å². The van der Waals surface area contributed by atoms with Crippen LogP contribution in [0.25, 0.3) is 22.2 Å². The number of benzene rings is 2. The van der Waals surface area contributed by atoms with Crippen molar-refractivity contribution < 1.29 is 0 Å². The molecule has 0 unspecified atom stereocenters. The Morgan fingerprint density at radius 1 is 0.850 bits per heavy atom. The van der Waals surface area contributed by atoms with E-state index in [0.717, 1.165) is 11.2 Å². The van der Waals surface area contributed by atoms with Crippen molar-refractivity contribution >= 4 is 10.9 Å². The second-order valence-electron chi connectivity index (χ2n) is 5.67. The third kappa shape index (κ3) is 2.44. The van der Waals surface area contributed by atoms with Crippen LogP contribution in [-0.4, -0.2) is 4.98 Å². The van der Waals surface area contributed by atoms with Gasteiger partial charge in [-0.3, -0.25) is 0 Å². The average molecular weight is 261 g/mol. The summed E-state index contributed by atoms with van der Waals surface area (Å²) in [4.78, 5) is 4.76. The van der Waals surface area contributed by atoms with Gasteiger partial charge in [-0.2, -0.15) is 0 Å².